The predicted molar refractivity (Wildman–Crippen MR) is 215 cm³/mol. The molecule has 0 aliphatic rings. The third kappa shape index (κ3) is 38.8. The Labute approximate surface area is 324 Å². The van der Waals surface area contributed by atoms with Crippen LogP contribution in [0.3, 0.4) is 0 Å². The van der Waals surface area contributed by atoms with Crippen molar-refractivity contribution in [2.24, 2.45) is 0 Å². The first-order valence-corrected chi connectivity index (χ1v) is 23.1. The van der Waals surface area contributed by atoms with Gasteiger partial charge in [0.1, 0.15) is 12.7 Å². The van der Waals surface area contributed by atoms with Gasteiger partial charge in [-0.1, -0.05) is 174 Å². The van der Waals surface area contributed by atoms with Gasteiger partial charge in [0.05, 0.1) is 19.8 Å². The highest BCUT2D eigenvalue weighted by molar-refractivity contribution is 7.47. The van der Waals surface area contributed by atoms with Crippen LogP contribution in [0.25, 0.3) is 0 Å². The maximum absolute atomic E-state index is 12.6. The Morgan fingerprint density at radius 1 is 0.585 bits per heavy atom. The Balaban J connectivity index is 4.25. The molecule has 1 unspecified atom stereocenters. The van der Waals surface area contributed by atoms with Gasteiger partial charge in [-0.05, 0) is 25.7 Å². The second-order valence-electron chi connectivity index (χ2n) is 14.8. The molecule has 314 valence electrons. The van der Waals surface area contributed by atoms with Crippen LogP contribution < -0.4 is 0 Å². The van der Waals surface area contributed by atoms with Crippen LogP contribution in [0, 0.1) is 0 Å². The van der Waals surface area contributed by atoms with Gasteiger partial charge in [0.2, 0.25) is 0 Å². The minimum Gasteiger partial charge on any atom is -0.462 e. The molecule has 0 spiro atoms. The lowest BCUT2D eigenvalue weighted by Gasteiger charge is -2.20. The Morgan fingerprint density at radius 3 is 1.38 bits per heavy atom. The number of phosphoric ester groups is 1. The summed E-state index contributed by atoms with van der Waals surface area (Å²) in [6, 6.07) is 0. The number of hydrogen-bond acceptors (Lipinski definition) is 9. The molecule has 0 fully saturated rings. The fraction of sp³-hybridized carbons (Fsp3) is 0.905. The van der Waals surface area contributed by atoms with Crippen molar-refractivity contribution in [1.82, 2.24) is 0 Å². The van der Waals surface area contributed by atoms with Crippen LogP contribution in [-0.4, -0.2) is 65.7 Å². The molecule has 53 heavy (non-hydrogen) atoms. The molecule has 10 nitrogen and oxygen atoms in total. The molecule has 0 aromatic carbocycles. The van der Waals surface area contributed by atoms with Gasteiger partial charge in [-0.2, -0.15) is 0 Å². The fourth-order valence-corrected chi connectivity index (χ4v) is 7.00. The van der Waals surface area contributed by atoms with Gasteiger partial charge in [-0.3, -0.25) is 18.6 Å². The topological polar surface area (TPSA) is 149 Å². The molecular formula is C42H81O10P. The van der Waals surface area contributed by atoms with Crippen molar-refractivity contribution in [1.29, 1.82) is 0 Å². The average Bonchev–Trinajstić information content (AvgIpc) is 3.14. The van der Waals surface area contributed by atoms with Gasteiger partial charge in [-0.15, -0.1) is 6.58 Å². The predicted octanol–water partition coefficient (Wildman–Crippen LogP) is 11.2. The number of carbonyl (C=O) groups excluding carboxylic acids is 2. The number of unbranched alkanes of at least 4 members (excludes halogenated alkanes) is 27. The quantitative estimate of drug-likeness (QED) is 0.0237. The van der Waals surface area contributed by atoms with E-state index in [0.717, 1.165) is 44.9 Å². The van der Waals surface area contributed by atoms with Crippen molar-refractivity contribution in [3.8, 4) is 0 Å². The van der Waals surface area contributed by atoms with E-state index in [0.29, 0.717) is 12.8 Å². The van der Waals surface area contributed by atoms with Crippen molar-refractivity contribution >= 4 is 19.8 Å². The van der Waals surface area contributed by atoms with Crippen molar-refractivity contribution in [2.75, 3.05) is 26.4 Å². The van der Waals surface area contributed by atoms with Gasteiger partial charge in [0.25, 0.3) is 0 Å². The van der Waals surface area contributed by atoms with E-state index in [1.807, 2.05) is 6.08 Å². The number of esters is 2. The minimum atomic E-state index is -4.61. The average molecular weight is 777 g/mol. The minimum absolute atomic E-state index is 0.187. The maximum Gasteiger partial charge on any atom is 0.472 e. The van der Waals surface area contributed by atoms with Crippen LogP contribution >= 0.6 is 7.82 Å². The number of aliphatic hydroxyl groups excluding tert-OH is 2. The van der Waals surface area contributed by atoms with E-state index in [1.54, 1.807) is 0 Å². The zero-order valence-corrected chi connectivity index (χ0v) is 34.7. The van der Waals surface area contributed by atoms with E-state index in [2.05, 4.69) is 18.0 Å². The van der Waals surface area contributed by atoms with E-state index < -0.39 is 51.8 Å². The normalized spacial score (nSPS) is 13.7. The van der Waals surface area contributed by atoms with E-state index in [9.17, 15) is 24.2 Å². The molecule has 0 saturated heterocycles. The van der Waals surface area contributed by atoms with E-state index in [1.165, 1.54) is 128 Å². The zero-order valence-electron chi connectivity index (χ0n) is 33.8. The Morgan fingerprint density at radius 2 is 0.962 bits per heavy atom. The SMILES string of the molecule is C=CCCCCCCCCCCCCCCCC(=O)O[C@H](COC(=O)CCCCCCCCCCCCCCCCC)COP(=O)(O)OC[C@@H](O)CO. The summed E-state index contributed by atoms with van der Waals surface area (Å²) in [4.78, 5) is 35.0. The lowest BCUT2D eigenvalue weighted by molar-refractivity contribution is -0.161. The molecule has 3 atom stereocenters. The van der Waals surface area contributed by atoms with Gasteiger partial charge >= 0.3 is 19.8 Å². The molecule has 0 rings (SSSR count). The van der Waals surface area contributed by atoms with E-state index in [4.69, 9.17) is 19.1 Å². The first-order valence-electron chi connectivity index (χ1n) is 21.6. The highest BCUT2D eigenvalue weighted by atomic mass is 31.2. The molecule has 11 heteroatoms. The van der Waals surface area contributed by atoms with Crippen LogP contribution in [0.4, 0.5) is 0 Å². The second kappa shape index (κ2) is 39.0. The molecule has 0 saturated carbocycles. The molecule has 0 aromatic rings. The van der Waals surface area contributed by atoms with Gasteiger partial charge in [-0.25, -0.2) is 4.57 Å². The van der Waals surface area contributed by atoms with Crippen molar-refractivity contribution in [3.63, 3.8) is 0 Å². The maximum atomic E-state index is 12.6. The number of phosphoric acid groups is 1. The Bertz CT molecular complexity index is 886. The smallest absolute Gasteiger partial charge is 0.462 e. The molecular weight excluding hydrogens is 695 g/mol. The van der Waals surface area contributed by atoms with E-state index in [-0.39, 0.29) is 19.4 Å². The summed E-state index contributed by atoms with van der Waals surface area (Å²) in [6.07, 6.45) is 34.9. The first kappa shape index (κ1) is 51.7. The second-order valence-corrected chi connectivity index (χ2v) is 16.3. The molecule has 0 heterocycles. The first-order chi connectivity index (χ1) is 25.7. The van der Waals surface area contributed by atoms with Gasteiger partial charge in [0, 0.05) is 12.8 Å². The Hall–Kier alpha value is -1.29. The van der Waals surface area contributed by atoms with Crippen molar-refractivity contribution < 1.29 is 47.8 Å². The monoisotopic (exact) mass is 777 g/mol. The summed E-state index contributed by atoms with van der Waals surface area (Å²) in [5, 5.41) is 18.3. The third-order valence-corrected chi connectivity index (χ3v) is 10.5. The summed E-state index contributed by atoms with van der Waals surface area (Å²) in [5.74, 6) is -0.916. The molecule has 0 radical (unpaired) electrons. The number of aliphatic hydroxyl groups is 2. The summed E-state index contributed by atoms with van der Waals surface area (Å²) in [6.45, 7) is 3.92. The standard InChI is InChI=1S/C42H81O10P/c1-3-5-7-9-11-13-15-17-19-21-23-25-27-29-31-33-41(45)49-37-40(38-51-53(47,48)50-36-39(44)35-43)52-42(46)34-32-30-28-26-24-22-20-18-16-14-12-10-8-6-4-2/h4,39-40,43-44H,2-3,5-38H2,1H3,(H,47,48)/t39-,40+/m0/s1. The Kier molecular flexibility index (Phi) is 38.0. The largest absolute Gasteiger partial charge is 0.472 e. The van der Waals surface area contributed by atoms with Crippen molar-refractivity contribution in [3.05, 3.63) is 12.7 Å². The third-order valence-electron chi connectivity index (χ3n) is 9.57. The molecule has 0 amide bonds. The molecule has 0 bridgehead atoms. The van der Waals surface area contributed by atoms with Crippen LogP contribution in [0.5, 0.6) is 0 Å². The number of hydrogen-bond donors (Lipinski definition) is 3. The van der Waals surface area contributed by atoms with Crippen LogP contribution in [0.15, 0.2) is 12.7 Å². The molecule has 0 aromatic heterocycles. The lowest BCUT2D eigenvalue weighted by atomic mass is 10.0. The van der Waals surface area contributed by atoms with Crippen molar-refractivity contribution in [2.45, 2.75) is 218 Å². The van der Waals surface area contributed by atoms with Gasteiger partial charge < -0.3 is 24.6 Å². The molecule has 3 N–H and O–H groups in total. The summed E-state index contributed by atoms with van der Waals surface area (Å²) in [7, 11) is -4.61. The molecule has 0 aliphatic heterocycles. The fourth-order valence-electron chi connectivity index (χ4n) is 6.21. The van der Waals surface area contributed by atoms with Gasteiger partial charge in [0.15, 0.2) is 6.10 Å². The summed E-state index contributed by atoms with van der Waals surface area (Å²) in [5.41, 5.74) is 0. The number of carbonyl (C=O) groups is 2. The number of rotatable bonds is 42. The number of ether oxygens (including phenoxy) is 2. The summed E-state index contributed by atoms with van der Waals surface area (Å²) < 4.78 is 32.7. The highest BCUT2D eigenvalue weighted by Gasteiger charge is 2.27. The number of allylic oxidation sites excluding steroid dienone is 1. The van der Waals surface area contributed by atoms with Crippen LogP contribution in [-0.2, 0) is 32.7 Å². The molecule has 0 aliphatic carbocycles. The van der Waals surface area contributed by atoms with Crippen LogP contribution in [0.2, 0.25) is 0 Å². The zero-order chi connectivity index (χ0) is 39.1. The van der Waals surface area contributed by atoms with E-state index >= 15 is 0 Å². The summed E-state index contributed by atoms with van der Waals surface area (Å²) >= 11 is 0. The van der Waals surface area contributed by atoms with Crippen LogP contribution in [0.1, 0.15) is 206 Å². The highest BCUT2D eigenvalue weighted by Crippen LogP contribution is 2.43. The lowest BCUT2D eigenvalue weighted by Crippen LogP contribution is -2.29.